The van der Waals surface area contributed by atoms with Crippen LogP contribution in [-0.2, 0) is 14.3 Å². The zero-order chi connectivity index (χ0) is 24.2. The molecule has 0 saturated carbocycles. The van der Waals surface area contributed by atoms with Gasteiger partial charge in [-0.2, -0.15) is 0 Å². The largest absolute Gasteiger partial charge is 0.490 e. The number of esters is 1. The fourth-order valence-corrected chi connectivity index (χ4v) is 4.39. The average Bonchev–Trinajstić information content (AvgIpc) is 2.81. The molecule has 2 aromatic rings. The van der Waals surface area contributed by atoms with Gasteiger partial charge in [-0.15, -0.1) is 0 Å². The summed E-state index contributed by atoms with van der Waals surface area (Å²) in [6.07, 6.45) is 0.876. The number of ether oxygens (including phenoxy) is 3. The molecule has 0 radical (unpaired) electrons. The van der Waals surface area contributed by atoms with Gasteiger partial charge in [0.15, 0.2) is 0 Å². The number of aryl methyl sites for hydroxylation is 1. The number of amides is 3. The van der Waals surface area contributed by atoms with E-state index < -0.39 is 6.03 Å². The van der Waals surface area contributed by atoms with Crippen molar-refractivity contribution < 1.29 is 28.6 Å². The highest BCUT2D eigenvalue weighted by Gasteiger charge is 2.39. The van der Waals surface area contributed by atoms with Gasteiger partial charge in [0, 0.05) is 18.4 Å². The van der Waals surface area contributed by atoms with Crippen LogP contribution < -0.4 is 15.4 Å². The topological polar surface area (TPSA) is 106 Å². The Hall–Kier alpha value is -3.59. The van der Waals surface area contributed by atoms with Gasteiger partial charge in [0.1, 0.15) is 18.5 Å². The van der Waals surface area contributed by atoms with Crippen molar-refractivity contribution >= 4 is 29.3 Å². The standard InChI is InChI=1S/C25H29N3O6/c1-15-5-4-6-16(11-15)26-25(31)27-17-7-10-21-19(12-17)24(30)28(2)20-9-8-18(13-23(29)32-3)34-22(20)14-33-21/h4-7,10-12,18,20,22H,8-9,13-14H2,1-3H3,(H2,26,27,31)/t18-,20+,22-/m0/s1. The van der Waals surface area contributed by atoms with Gasteiger partial charge in [-0.05, 0) is 55.7 Å². The van der Waals surface area contributed by atoms with E-state index in [0.29, 0.717) is 35.5 Å². The Morgan fingerprint density at radius 3 is 2.62 bits per heavy atom. The van der Waals surface area contributed by atoms with E-state index in [1.807, 2.05) is 25.1 Å². The molecular weight excluding hydrogens is 438 g/mol. The minimum atomic E-state index is -0.407. The monoisotopic (exact) mass is 467 g/mol. The summed E-state index contributed by atoms with van der Waals surface area (Å²) in [4.78, 5) is 39.1. The minimum absolute atomic E-state index is 0.174. The van der Waals surface area contributed by atoms with Crippen LogP contribution in [0.3, 0.4) is 0 Å². The molecule has 3 amide bonds. The van der Waals surface area contributed by atoms with Crippen LogP contribution in [0.25, 0.3) is 0 Å². The van der Waals surface area contributed by atoms with Gasteiger partial charge in [0.2, 0.25) is 0 Å². The molecule has 0 spiro atoms. The Morgan fingerprint density at radius 2 is 1.88 bits per heavy atom. The van der Waals surface area contributed by atoms with Crippen molar-refractivity contribution in [2.45, 2.75) is 44.4 Å². The van der Waals surface area contributed by atoms with Gasteiger partial charge in [-0.25, -0.2) is 4.79 Å². The molecule has 180 valence electrons. The van der Waals surface area contributed by atoms with Crippen LogP contribution in [-0.4, -0.2) is 61.8 Å². The van der Waals surface area contributed by atoms with Gasteiger partial charge in [0.25, 0.3) is 5.91 Å². The van der Waals surface area contributed by atoms with Crippen molar-refractivity contribution in [1.29, 1.82) is 0 Å². The number of methoxy groups -OCH3 is 1. The molecule has 2 aliphatic rings. The Kier molecular flexibility index (Phi) is 7.02. The second-order valence-electron chi connectivity index (χ2n) is 8.61. The third-order valence-corrected chi connectivity index (χ3v) is 6.17. The maximum atomic E-state index is 13.3. The van der Waals surface area contributed by atoms with E-state index in [4.69, 9.17) is 14.2 Å². The SMILES string of the molecule is COC(=O)C[C@@H]1CC[C@@H]2[C@H](COc3ccc(NC(=O)Nc4cccc(C)c4)cc3C(=O)N2C)O1. The lowest BCUT2D eigenvalue weighted by Crippen LogP contribution is -2.53. The highest BCUT2D eigenvalue weighted by Crippen LogP contribution is 2.32. The molecule has 2 aliphatic heterocycles. The van der Waals surface area contributed by atoms with E-state index in [0.717, 1.165) is 5.56 Å². The molecule has 2 N–H and O–H groups in total. The summed E-state index contributed by atoms with van der Waals surface area (Å²) in [7, 11) is 3.09. The first kappa shape index (κ1) is 23.6. The number of hydrogen-bond acceptors (Lipinski definition) is 6. The lowest BCUT2D eigenvalue weighted by molar-refractivity contribution is -0.151. The molecule has 0 unspecified atom stereocenters. The zero-order valence-corrected chi connectivity index (χ0v) is 19.5. The lowest BCUT2D eigenvalue weighted by atomic mass is 9.94. The van der Waals surface area contributed by atoms with Crippen LogP contribution in [0.5, 0.6) is 5.75 Å². The number of carbonyl (C=O) groups is 3. The number of rotatable bonds is 4. The van der Waals surface area contributed by atoms with E-state index in [1.165, 1.54) is 7.11 Å². The molecule has 0 aromatic heterocycles. The predicted molar refractivity (Wildman–Crippen MR) is 126 cm³/mol. The minimum Gasteiger partial charge on any atom is -0.490 e. The van der Waals surface area contributed by atoms with Gasteiger partial charge in [-0.3, -0.25) is 9.59 Å². The van der Waals surface area contributed by atoms with Crippen LogP contribution in [0.15, 0.2) is 42.5 Å². The second kappa shape index (κ2) is 10.1. The van der Waals surface area contributed by atoms with Crippen molar-refractivity contribution in [3.05, 3.63) is 53.6 Å². The van der Waals surface area contributed by atoms with E-state index >= 15 is 0 Å². The average molecular weight is 468 g/mol. The summed E-state index contributed by atoms with van der Waals surface area (Å²) in [6.45, 7) is 2.19. The highest BCUT2D eigenvalue weighted by molar-refractivity contribution is 6.02. The molecule has 0 aliphatic carbocycles. The predicted octanol–water partition coefficient (Wildman–Crippen LogP) is 3.58. The fraction of sp³-hybridized carbons (Fsp3) is 0.400. The second-order valence-corrected chi connectivity index (χ2v) is 8.61. The number of anilines is 2. The molecular formula is C25H29N3O6. The van der Waals surface area contributed by atoms with Gasteiger partial charge in [0.05, 0.1) is 31.2 Å². The summed E-state index contributed by atoms with van der Waals surface area (Å²) < 4.78 is 16.8. The Labute approximate surface area is 198 Å². The molecule has 9 heteroatoms. The van der Waals surface area contributed by atoms with Crippen LogP contribution in [0, 0.1) is 6.92 Å². The van der Waals surface area contributed by atoms with Crippen molar-refractivity contribution in [3.8, 4) is 5.75 Å². The first-order valence-electron chi connectivity index (χ1n) is 11.2. The number of hydrogen-bond donors (Lipinski definition) is 2. The number of urea groups is 1. The Bertz CT molecular complexity index is 1090. The smallest absolute Gasteiger partial charge is 0.323 e. The van der Waals surface area contributed by atoms with Crippen LogP contribution >= 0.6 is 0 Å². The molecule has 4 rings (SSSR count). The molecule has 1 fully saturated rings. The molecule has 2 aromatic carbocycles. The van der Waals surface area contributed by atoms with E-state index in [1.54, 1.807) is 36.2 Å². The summed E-state index contributed by atoms with van der Waals surface area (Å²) in [5, 5.41) is 5.56. The van der Waals surface area contributed by atoms with Gasteiger partial charge < -0.3 is 29.7 Å². The third-order valence-electron chi connectivity index (χ3n) is 6.17. The molecule has 0 bridgehead atoms. The molecule has 34 heavy (non-hydrogen) atoms. The number of benzene rings is 2. The number of carbonyl (C=O) groups excluding carboxylic acids is 3. The molecule has 3 atom stereocenters. The fourth-order valence-electron chi connectivity index (χ4n) is 4.39. The maximum absolute atomic E-state index is 13.3. The molecule has 9 nitrogen and oxygen atoms in total. The van der Waals surface area contributed by atoms with E-state index in [9.17, 15) is 14.4 Å². The van der Waals surface area contributed by atoms with Crippen molar-refractivity contribution in [2.75, 3.05) is 31.4 Å². The quantitative estimate of drug-likeness (QED) is 0.666. The van der Waals surface area contributed by atoms with Crippen LogP contribution in [0.4, 0.5) is 16.2 Å². The highest BCUT2D eigenvalue weighted by atomic mass is 16.5. The van der Waals surface area contributed by atoms with Gasteiger partial charge in [-0.1, -0.05) is 12.1 Å². The Morgan fingerprint density at radius 1 is 1.12 bits per heavy atom. The number of nitrogens with zero attached hydrogens (tertiary/aromatic N) is 1. The van der Waals surface area contributed by atoms with Crippen molar-refractivity contribution in [3.63, 3.8) is 0 Å². The maximum Gasteiger partial charge on any atom is 0.323 e. The number of likely N-dealkylation sites (N-methyl/N-ethyl adjacent to an activating group) is 1. The Balaban J connectivity index is 1.47. The summed E-state index contributed by atoms with van der Waals surface area (Å²) in [5.41, 5.74) is 2.55. The van der Waals surface area contributed by atoms with Gasteiger partial charge >= 0.3 is 12.0 Å². The van der Waals surface area contributed by atoms with Crippen LogP contribution in [0.2, 0.25) is 0 Å². The summed E-state index contributed by atoms with van der Waals surface area (Å²) >= 11 is 0. The first-order valence-corrected chi connectivity index (χ1v) is 11.2. The zero-order valence-electron chi connectivity index (χ0n) is 19.5. The van der Waals surface area contributed by atoms with E-state index in [2.05, 4.69) is 10.6 Å². The summed E-state index contributed by atoms with van der Waals surface area (Å²) in [5.74, 6) is -0.127. The van der Waals surface area contributed by atoms with Crippen molar-refractivity contribution in [2.24, 2.45) is 0 Å². The lowest BCUT2D eigenvalue weighted by Gasteiger charge is -2.42. The number of nitrogens with one attached hydrogen (secondary N) is 2. The third kappa shape index (κ3) is 5.31. The molecule has 1 saturated heterocycles. The number of fused-ring (bicyclic) bond motifs is 2. The first-order chi connectivity index (χ1) is 16.3. The molecule has 2 heterocycles. The van der Waals surface area contributed by atoms with E-state index in [-0.39, 0.29) is 43.2 Å². The van der Waals surface area contributed by atoms with Crippen LogP contribution in [0.1, 0.15) is 35.2 Å². The summed E-state index contributed by atoms with van der Waals surface area (Å²) in [6, 6.07) is 11.9. The normalized spacial score (nSPS) is 21.8. The van der Waals surface area contributed by atoms with Crippen molar-refractivity contribution in [1.82, 2.24) is 4.90 Å².